The van der Waals surface area contributed by atoms with Gasteiger partial charge < -0.3 is 0 Å². The molecular formula is C6H11ClF2O2S. The second kappa shape index (κ2) is 3.87. The number of hydrogen-bond donors (Lipinski definition) is 0. The molecule has 0 rings (SSSR count). The molecule has 12 heavy (non-hydrogen) atoms. The van der Waals surface area contributed by atoms with Crippen LogP contribution in [-0.4, -0.2) is 20.1 Å². The monoisotopic (exact) mass is 220 g/mol. The van der Waals surface area contributed by atoms with E-state index in [1.807, 2.05) is 0 Å². The van der Waals surface area contributed by atoms with Gasteiger partial charge in [0, 0.05) is 16.6 Å². The summed E-state index contributed by atoms with van der Waals surface area (Å²) in [5.74, 6) is -4.86. The summed E-state index contributed by atoms with van der Waals surface area (Å²) in [6.45, 7) is 2.20. The van der Waals surface area contributed by atoms with Gasteiger partial charge in [0.1, 0.15) is 0 Å². The van der Waals surface area contributed by atoms with Gasteiger partial charge in [-0.3, -0.25) is 0 Å². The minimum absolute atomic E-state index is 0.0927. The molecule has 0 heterocycles. The first kappa shape index (κ1) is 12.1. The molecular weight excluding hydrogens is 210 g/mol. The van der Waals surface area contributed by atoms with Crippen LogP contribution in [0.5, 0.6) is 0 Å². The third-order valence-electron chi connectivity index (χ3n) is 1.61. The molecule has 0 aromatic heterocycles. The van der Waals surface area contributed by atoms with Crippen molar-refractivity contribution in [3.63, 3.8) is 0 Å². The zero-order valence-corrected chi connectivity index (χ0v) is 8.42. The fourth-order valence-electron chi connectivity index (χ4n) is 0.863. The Morgan fingerprint density at radius 3 is 2.00 bits per heavy atom. The second-order valence-corrected chi connectivity index (χ2v) is 5.59. The van der Waals surface area contributed by atoms with E-state index in [2.05, 4.69) is 0 Å². The molecule has 0 aromatic rings. The van der Waals surface area contributed by atoms with E-state index >= 15 is 0 Å². The number of rotatable bonds is 4. The third kappa shape index (κ3) is 4.87. The van der Waals surface area contributed by atoms with Crippen LogP contribution in [0.25, 0.3) is 0 Å². The number of alkyl halides is 2. The van der Waals surface area contributed by atoms with Gasteiger partial charge in [-0.15, -0.1) is 0 Å². The zero-order chi connectivity index (χ0) is 9.99. The Bertz CT molecular complexity index is 232. The fraction of sp³-hybridized carbons (Fsp3) is 1.00. The van der Waals surface area contributed by atoms with Crippen molar-refractivity contribution in [2.45, 2.75) is 26.2 Å². The van der Waals surface area contributed by atoms with E-state index in [0.717, 1.165) is 0 Å². The molecule has 0 saturated heterocycles. The summed E-state index contributed by atoms with van der Waals surface area (Å²) in [6.07, 6.45) is 0.0927. The van der Waals surface area contributed by atoms with Crippen LogP contribution in [-0.2, 0) is 9.05 Å². The van der Waals surface area contributed by atoms with Gasteiger partial charge in [0.2, 0.25) is 15.0 Å². The lowest BCUT2D eigenvalue weighted by molar-refractivity contribution is -0.0320. The topological polar surface area (TPSA) is 34.1 Å². The molecule has 0 radical (unpaired) electrons. The molecule has 0 aromatic carbocycles. The van der Waals surface area contributed by atoms with Crippen LogP contribution >= 0.6 is 10.7 Å². The van der Waals surface area contributed by atoms with Crippen LogP contribution in [0.15, 0.2) is 0 Å². The minimum atomic E-state index is -3.83. The lowest BCUT2D eigenvalue weighted by atomic mass is 10.0. The van der Waals surface area contributed by atoms with E-state index in [1.165, 1.54) is 6.92 Å². The highest BCUT2D eigenvalue weighted by atomic mass is 35.7. The van der Waals surface area contributed by atoms with E-state index in [0.29, 0.717) is 6.92 Å². The van der Waals surface area contributed by atoms with Gasteiger partial charge in [0.05, 0.1) is 5.75 Å². The first-order valence-electron chi connectivity index (χ1n) is 3.47. The van der Waals surface area contributed by atoms with Gasteiger partial charge in [-0.25, -0.2) is 17.2 Å². The maximum absolute atomic E-state index is 12.6. The highest BCUT2D eigenvalue weighted by Gasteiger charge is 2.35. The molecule has 0 N–H and O–H groups in total. The standard InChI is InChI=1S/C6H11ClF2O2S/c1-3-5(6(2,8)9)4-12(7,10)11/h5H,3-4H2,1-2H3. The average molecular weight is 221 g/mol. The molecule has 74 valence electrons. The maximum atomic E-state index is 12.6. The van der Waals surface area contributed by atoms with Crippen LogP contribution in [0.2, 0.25) is 0 Å². The molecule has 1 atom stereocenters. The Balaban J connectivity index is 4.41. The summed E-state index contributed by atoms with van der Waals surface area (Å²) < 4.78 is 46.1. The molecule has 0 bridgehead atoms. The van der Waals surface area contributed by atoms with Crippen molar-refractivity contribution in [3.8, 4) is 0 Å². The van der Waals surface area contributed by atoms with E-state index < -0.39 is 26.6 Å². The Labute approximate surface area is 75.3 Å². The normalized spacial score (nSPS) is 16.1. The molecule has 0 aliphatic rings. The molecule has 6 heteroatoms. The lowest BCUT2D eigenvalue weighted by Gasteiger charge is -2.20. The quantitative estimate of drug-likeness (QED) is 0.681. The summed E-state index contributed by atoms with van der Waals surface area (Å²) in [7, 11) is 1.03. The van der Waals surface area contributed by atoms with Crippen LogP contribution < -0.4 is 0 Å². The second-order valence-electron chi connectivity index (χ2n) is 2.77. The Kier molecular flexibility index (Phi) is 3.90. The highest BCUT2D eigenvalue weighted by Crippen LogP contribution is 2.28. The average Bonchev–Trinajstić information content (AvgIpc) is 1.78. The zero-order valence-electron chi connectivity index (χ0n) is 6.85. The largest absolute Gasteiger partial charge is 0.249 e. The molecule has 0 fully saturated rings. The molecule has 0 aliphatic heterocycles. The number of halogens is 3. The van der Waals surface area contributed by atoms with Crippen LogP contribution in [0.1, 0.15) is 20.3 Å². The van der Waals surface area contributed by atoms with E-state index in [4.69, 9.17) is 10.7 Å². The van der Waals surface area contributed by atoms with Gasteiger partial charge >= 0.3 is 0 Å². The third-order valence-corrected chi connectivity index (χ3v) is 2.79. The van der Waals surface area contributed by atoms with Gasteiger partial charge in [-0.2, -0.15) is 0 Å². The minimum Gasteiger partial charge on any atom is -0.212 e. The Morgan fingerprint density at radius 1 is 1.50 bits per heavy atom. The predicted octanol–water partition coefficient (Wildman–Crippen LogP) is 2.24. The Hall–Kier alpha value is 0.1000. The van der Waals surface area contributed by atoms with Crippen molar-refractivity contribution in [2.75, 3.05) is 5.75 Å². The first-order chi connectivity index (χ1) is 5.17. The van der Waals surface area contributed by atoms with Crippen molar-refractivity contribution in [3.05, 3.63) is 0 Å². The van der Waals surface area contributed by atoms with Gasteiger partial charge in [0.25, 0.3) is 0 Å². The fourth-order valence-corrected chi connectivity index (χ4v) is 2.33. The molecule has 0 aliphatic carbocycles. The maximum Gasteiger partial charge on any atom is 0.249 e. The smallest absolute Gasteiger partial charge is 0.212 e. The van der Waals surface area contributed by atoms with Crippen LogP contribution in [0.3, 0.4) is 0 Å². The van der Waals surface area contributed by atoms with E-state index in [-0.39, 0.29) is 6.42 Å². The van der Waals surface area contributed by atoms with E-state index in [1.54, 1.807) is 0 Å². The van der Waals surface area contributed by atoms with Gasteiger partial charge in [-0.05, 0) is 13.3 Å². The van der Waals surface area contributed by atoms with Crippen molar-refractivity contribution >= 4 is 19.7 Å². The summed E-state index contributed by atoms with van der Waals surface area (Å²) in [5, 5.41) is 0. The summed E-state index contributed by atoms with van der Waals surface area (Å²) >= 11 is 0. The molecule has 1 unspecified atom stereocenters. The van der Waals surface area contributed by atoms with Crippen molar-refractivity contribution < 1.29 is 17.2 Å². The van der Waals surface area contributed by atoms with Gasteiger partial charge in [0.15, 0.2) is 0 Å². The first-order valence-corrected chi connectivity index (χ1v) is 5.94. The predicted molar refractivity (Wildman–Crippen MR) is 44.0 cm³/mol. The summed E-state index contributed by atoms with van der Waals surface area (Å²) in [5.41, 5.74) is 0. The molecule has 0 saturated carbocycles. The van der Waals surface area contributed by atoms with Crippen LogP contribution in [0, 0.1) is 5.92 Å². The molecule has 0 spiro atoms. The summed E-state index contributed by atoms with van der Waals surface area (Å²) in [4.78, 5) is 0. The van der Waals surface area contributed by atoms with Crippen molar-refractivity contribution in [2.24, 2.45) is 5.92 Å². The summed E-state index contributed by atoms with van der Waals surface area (Å²) in [6, 6.07) is 0. The van der Waals surface area contributed by atoms with Crippen LogP contribution in [0.4, 0.5) is 8.78 Å². The molecule has 0 amide bonds. The highest BCUT2D eigenvalue weighted by molar-refractivity contribution is 8.13. The molecule has 2 nitrogen and oxygen atoms in total. The van der Waals surface area contributed by atoms with Crippen molar-refractivity contribution in [1.82, 2.24) is 0 Å². The van der Waals surface area contributed by atoms with Crippen molar-refractivity contribution in [1.29, 1.82) is 0 Å². The van der Waals surface area contributed by atoms with E-state index in [9.17, 15) is 17.2 Å². The number of hydrogen-bond acceptors (Lipinski definition) is 2. The van der Waals surface area contributed by atoms with Gasteiger partial charge in [-0.1, -0.05) is 6.92 Å². The SMILES string of the molecule is CCC(CS(=O)(=O)Cl)C(C)(F)F. The Morgan fingerprint density at radius 2 is 1.92 bits per heavy atom. The lowest BCUT2D eigenvalue weighted by Crippen LogP contribution is -2.29.